The van der Waals surface area contributed by atoms with Crippen LogP contribution in [0.3, 0.4) is 0 Å². The van der Waals surface area contributed by atoms with Crippen molar-refractivity contribution in [1.29, 1.82) is 0 Å². The molecule has 2 fully saturated rings. The summed E-state index contributed by atoms with van der Waals surface area (Å²) in [4.78, 5) is 77.0. The van der Waals surface area contributed by atoms with Crippen LogP contribution in [-0.4, -0.2) is 91.3 Å². The molecule has 15 nitrogen and oxygen atoms in total. The SMILES string of the molecule is Nc1ncnc2c1c(-c1ccc(Oc3ccccc3)cc1)nn2CCCCC(=O)N1CCN(c2[c]c3c(cc2)C(=O)N(C2CCC(=O)NC2=O)C3=O)CC1. The molecule has 15 heteroatoms. The highest BCUT2D eigenvalue weighted by Crippen LogP contribution is 2.33. The average molecular weight is 727 g/mol. The van der Waals surface area contributed by atoms with Crippen LogP contribution in [0.5, 0.6) is 11.5 Å². The number of ether oxygens (including phenoxy) is 1. The average Bonchev–Trinajstić information content (AvgIpc) is 3.68. The molecule has 0 aliphatic carbocycles. The third kappa shape index (κ3) is 6.59. The molecule has 54 heavy (non-hydrogen) atoms. The standard InChI is InChI=1S/C39H36N9O6/c40-35-33-34(24-9-12-27(13-10-24)54-26-6-2-1-3-7-26)44-47(36(33)42-23-41-35)17-5-4-8-32(50)46-20-18-45(19-21-46)25-11-14-28-29(22-25)39(53)48(38(28)52)30-15-16-31(49)43-37(30)51/h1-3,6-7,9-14,23,30H,4-5,8,15-21H2,(H2,40,41,42)(H,43,49,51). The van der Waals surface area contributed by atoms with E-state index in [1.807, 2.05) is 69.1 Å². The molecule has 3 aromatic carbocycles. The van der Waals surface area contributed by atoms with Gasteiger partial charge in [0.1, 0.15) is 35.4 Å². The van der Waals surface area contributed by atoms with Crippen molar-refractivity contribution in [3.05, 3.63) is 90.3 Å². The van der Waals surface area contributed by atoms with Crippen LogP contribution >= 0.6 is 0 Å². The fourth-order valence-electron chi connectivity index (χ4n) is 7.15. The van der Waals surface area contributed by atoms with Gasteiger partial charge in [0.05, 0.1) is 16.5 Å². The van der Waals surface area contributed by atoms with E-state index in [0.29, 0.717) is 86.0 Å². The maximum Gasteiger partial charge on any atom is 0.263 e. The fraction of sp³-hybridized carbons (Fsp3) is 0.282. The Balaban J connectivity index is 0.848. The van der Waals surface area contributed by atoms with Crippen molar-refractivity contribution in [2.24, 2.45) is 0 Å². The van der Waals surface area contributed by atoms with Crippen molar-refractivity contribution < 1.29 is 28.7 Å². The van der Waals surface area contributed by atoms with Crippen LogP contribution in [-0.2, 0) is 20.9 Å². The number of rotatable bonds is 10. The number of benzene rings is 3. The third-order valence-electron chi connectivity index (χ3n) is 9.98. The highest BCUT2D eigenvalue weighted by Gasteiger charge is 2.45. The molecular formula is C39H36N9O6. The van der Waals surface area contributed by atoms with Gasteiger partial charge in [-0.1, -0.05) is 18.2 Å². The molecule has 2 saturated heterocycles. The lowest BCUT2D eigenvalue weighted by Gasteiger charge is -2.36. The Morgan fingerprint density at radius 3 is 2.41 bits per heavy atom. The van der Waals surface area contributed by atoms with E-state index < -0.39 is 29.7 Å². The molecule has 1 atom stereocenters. The summed E-state index contributed by atoms with van der Waals surface area (Å²) < 4.78 is 7.75. The number of nitrogens with zero attached hydrogens (tertiary/aromatic N) is 7. The number of nitrogens with two attached hydrogens (primary N) is 1. The lowest BCUT2D eigenvalue weighted by Crippen LogP contribution is -2.54. The summed E-state index contributed by atoms with van der Waals surface area (Å²) in [6.45, 7) is 2.60. The Bertz CT molecular complexity index is 2280. The van der Waals surface area contributed by atoms with Gasteiger partial charge in [0, 0.05) is 62.9 Å². The molecule has 3 aliphatic heterocycles. The molecule has 2 aromatic heterocycles. The van der Waals surface area contributed by atoms with E-state index in [1.54, 1.807) is 12.1 Å². The van der Waals surface area contributed by atoms with Gasteiger partial charge >= 0.3 is 0 Å². The monoisotopic (exact) mass is 726 g/mol. The van der Waals surface area contributed by atoms with Crippen LogP contribution in [0.4, 0.5) is 11.5 Å². The maximum atomic E-state index is 13.3. The molecule has 3 aliphatic rings. The number of fused-ring (bicyclic) bond motifs is 2. The first-order valence-electron chi connectivity index (χ1n) is 17.9. The number of unbranched alkanes of at least 4 members (excludes halogenated alkanes) is 1. The first kappa shape index (κ1) is 34.4. The van der Waals surface area contributed by atoms with Gasteiger partial charge in [-0.05, 0) is 67.8 Å². The second-order valence-corrected chi connectivity index (χ2v) is 13.4. The van der Waals surface area contributed by atoms with E-state index in [-0.39, 0.29) is 29.9 Å². The molecule has 5 heterocycles. The van der Waals surface area contributed by atoms with Gasteiger partial charge in [0.25, 0.3) is 11.8 Å². The van der Waals surface area contributed by atoms with E-state index in [1.165, 1.54) is 6.33 Å². The number of aromatic nitrogens is 4. The Labute approximate surface area is 309 Å². The van der Waals surface area contributed by atoms with Gasteiger partial charge in [-0.15, -0.1) is 0 Å². The first-order valence-corrected chi connectivity index (χ1v) is 17.9. The zero-order chi connectivity index (χ0) is 37.3. The Hall–Kier alpha value is -6.64. The number of piperidine rings is 1. The number of nitrogen functional groups attached to an aromatic ring is 1. The predicted molar refractivity (Wildman–Crippen MR) is 196 cm³/mol. The number of imide groups is 2. The van der Waals surface area contributed by atoms with E-state index in [2.05, 4.69) is 21.4 Å². The zero-order valence-electron chi connectivity index (χ0n) is 29.2. The quantitative estimate of drug-likeness (QED) is 0.158. The van der Waals surface area contributed by atoms with Gasteiger partial charge in [0.15, 0.2) is 5.65 Å². The zero-order valence-corrected chi connectivity index (χ0v) is 29.2. The number of amides is 5. The number of aryl methyl sites for hydroxylation is 1. The largest absolute Gasteiger partial charge is 0.457 e. The summed E-state index contributed by atoms with van der Waals surface area (Å²) in [6.07, 6.45) is 3.30. The van der Waals surface area contributed by atoms with Crippen LogP contribution in [0.1, 0.15) is 52.8 Å². The van der Waals surface area contributed by atoms with Crippen LogP contribution in [0, 0.1) is 6.07 Å². The molecule has 5 aromatic rings. The molecule has 3 N–H and O–H groups in total. The van der Waals surface area contributed by atoms with Gasteiger partial charge in [-0.25, -0.2) is 14.6 Å². The molecule has 0 spiro atoms. The van der Waals surface area contributed by atoms with Crippen LogP contribution in [0.25, 0.3) is 22.3 Å². The number of piperazine rings is 1. The molecule has 0 saturated carbocycles. The smallest absolute Gasteiger partial charge is 0.263 e. The number of carbonyl (C=O) groups excluding carboxylic acids is 5. The van der Waals surface area contributed by atoms with E-state index in [4.69, 9.17) is 15.6 Å². The second-order valence-electron chi connectivity index (χ2n) is 13.4. The van der Waals surface area contributed by atoms with Crippen molar-refractivity contribution in [2.75, 3.05) is 36.8 Å². The maximum absolute atomic E-state index is 13.3. The lowest BCUT2D eigenvalue weighted by atomic mass is 10.0. The minimum Gasteiger partial charge on any atom is -0.457 e. The van der Waals surface area contributed by atoms with Crippen molar-refractivity contribution in [2.45, 2.75) is 44.7 Å². The van der Waals surface area contributed by atoms with Crippen molar-refractivity contribution in [3.63, 3.8) is 0 Å². The summed E-state index contributed by atoms with van der Waals surface area (Å²) in [5.41, 5.74) is 9.38. The van der Waals surface area contributed by atoms with Gasteiger partial charge in [-0.2, -0.15) is 5.10 Å². The minimum atomic E-state index is -1.03. The van der Waals surface area contributed by atoms with Gasteiger partial charge < -0.3 is 20.3 Å². The minimum absolute atomic E-state index is 0.0533. The summed E-state index contributed by atoms with van der Waals surface area (Å²) in [7, 11) is 0. The van der Waals surface area contributed by atoms with Crippen molar-refractivity contribution in [3.8, 4) is 22.8 Å². The Morgan fingerprint density at radius 1 is 0.889 bits per heavy atom. The van der Waals surface area contributed by atoms with E-state index in [0.717, 1.165) is 16.2 Å². The Morgan fingerprint density at radius 2 is 1.65 bits per heavy atom. The van der Waals surface area contributed by atoms with Crippen molar-refractivity contribution >= 4 is 52.1 Å². The number of nitrogens with one attached hydrogen (secondary N) is 1. The normalized spacial score (nSPS) is 17.3. The Kier molecular flexibility index (Phi) is 9.19. The summed E-state index contributed by atoms with van der Waals surface area (Å²) >= 11 is 0. The second kappa shape index (κ2) is 14.4. The number of hydrogen-bond donors (Lipinski definition) is 2. The molecule has 5 amide bonds. The van der Waals surface area contributed by atoms with E-state index >= 15 is 0 Å². The fourth-order valence-corrected chi connectivity index (χ4v) is 7.15. The molecular weight excluding hydrogens is 690 g/mol. The number of carbonyl (C=O) groups is 5. The van der Waals surface area contributed by atoms with Gasteiger partial charge in [-0.3, -0.25) is 34.2 Å². The van der Waals surface area contributed by atoms with Gasteiger partial charge in [0.2, 0.25) is 17.7 Å². The lowest BCUT2D eigenvalue weighted by molar-refractivity contribution is -0.136. The third-order valence-corrected chi connectivity index (χ3v) is 9.98. The van der Waals surface area contributed by atoms with Crippen LogP contribution in [0.15, 0.2) is 73.1 Å². The van der Waals surface area contributed by atoms with E-state index in [9.17, 15) is 24.0 Å². The highest BCUT2D eigenvalue weighted by atomic mass is 16.5. The predicted octanol–water partition coefficient (Wildman–Crippen LogP) is 3.59. The van der Waals surface area contributed by atoms with Crippen molar-refractivity contribution in [1.82, 2.24) is 34.9 Å². The number of hydrogen-bond acceptors (Lipinski definition) is 11. The topological polar surface area (TPSA) is 186 Å². The van der Waals surface area contributed by atoms with Crippen LogP contribution in [0.2, 0.25) is 0 Å². The number of anilines is 2. The summed E-state index contributed by atoms with van der Waals surface area (Å²) in [6, 6.07) is 22.5. The number of para-hydroxylation sites is 1. The first-order chi connectivity index (χ1) is 26.2. The highest BCUT2D eigenvalue weighted by molar-refractivity contribution is 6.23. The summed E-state index contributed by atoms with van der Waals surface area (Å²) in [5, 5.41) is 7.74. The molecule has 1 radical (unpaired) electrons. The van der Waals surface area contributed by atoms with Crippen LogP contribution < -0.4 is 20.7 Å². The summed E-state index contributed by atoms with van der Waals surface area (Å²) in [5.74, 6) is -0.409. The molecule has 0 bridgehead atoms. The molecule has 1 unspecified atom stereocenters. The molecule has 273 valence electrons. The molecule has 8 rings (SSSR count).